The summed E-state index contributed by atoms with van der Waals surface area (Å²) >= 11 is 14.2. The Hall–Kier alpha value is -4.02. The number of hydrogen-bond donors (Lipinski definition) is 3. The minimum absolute atomic E-state index is 0. The fourth-order valence-electron chi connectivity index (χ4n) is 11.1. The van der Waals surface area contributed by atoms with E-state index < -0.39 is 48.4 Å². The van der Waals surface area contributed by atoms with Crippen molar-refractivity contribution >= 4 is 105 Å². The van der Waals surface area contributed by atoms with Crippen LogP contribution < -0.4 is 15.7 Å². The van der Waals surface area contributed by atoms with Gasteiger partial charge in [-0.05, 0) is 175 Å². The normalized spacial score (nSPS) is 22.7. The standard InChI is InChI=1S/C16H19ClSi.C12H21NO2.C11H17NO4.C11H19NO3.C11H19NO2.C5H9NO2.2C2H5.CH2ClI.Zn/c1-16(2,3)18(17,14-10-6-4-7-11-14)15-12-8-5-9-13-15;1-5-9-6-8-7-10(8)13(9)11(14)15-12(2,3)4;1-11(2,3)16-10(15)12-7-4-6(7)5-8(12)9(13)14;1-5-8-6-7-9(13)12(8)10(14)15-11(2,3)4;1-5-9-7-6-8-12(9)10(13)14-11(2,3)4;7-3-4-1-2-5(8)6-4;2*1-2;2-1-3;/h4-13H,1-3H3;8-10H,5-7H2,1-4H3;6-8H,4-5H2,1-3H3,(H,13,14);8H,5-7H2,1-4H3;6,8-9H,5,7H2,1-4H3;4,7H,1-3H2,(H,6,8);2*1H2,2H3;1H2;/q;;;;;;2*-1;;+2/t;8-,9+,10+;6-,7-,8+;8-;9-;4-;;;;/m.01110..../s1. The van der Waals surface area contributed by atoms with Crippen LogP contribution in [0.25, 0.3) is 0 Å². The number of piperidine rings is 2. The first kappa shape index (κ1) is 90.0. The number of hydrogen-bond acceptors (Lipinski definition) is 12. The Morgan fingerprint density at radius 3 is 1.38 bits per heavy atom. The third kappa shape index (κ3) is 30.0. The number of carboxylic acids is 1. The molecule has 9 rings (SSSR count). The fraction of sp³-hybridized carbons (Fsp3) is 0.676. The Labute approximate surface area is 602 Å². The van der Waals surface area contributed by atoms with Crippen LogP contribution in [-0.4, -0.2) is 155 Å². The number of benzene rings is 2. The summed E-state index contributed by atoms with van der Waals surface area (Å²) in [5.41, 5.74) is -1.90. The molecule has 7 aliphatic rings. The number of carboxylic acid groups (broad SMARTS) is 1. The van der Waals surface area contributed by atoms with E-state index in [1.165, 1.54) is 33.0 Å². The first-order chi connectivity index (χ1) is 43.2. The van der Waals surface area contributed by atoms with E-state index in [0.717, 1.165) is 50.9 Å². The number of fused-ring (bicyclic) bond motifs is 2. The summed E-state index contributed by atoms with van der Waals surface area (Å²) in [6.45, 7) is 45.1. The summed E-state index contributed by atoms with van der Waals surface area (Å²) in [5.74, 6) is 0.147. The molecule has 4 saturated heterocycles. The number of imide groups is 1. The maximum atomic E-state index is 12.0. The zero-order valence-electron chi connectivity index (χ0n) is 60.5. The second-order valence-corrected chi connectivity index (χ2v) is 36.0. The van der Waals surface area contributed by atoms with Crippen molar-refractivity contribution < 1.29 is 82.2 Å². The zero-order valence-corrected chi connectivity index (χ0v) is 68.1. The maximum Gasteiger partial charge on any atom is 2.00 e. The van der Waals surface area contributed by atoms with E-state index in [4.69, 9.17) is 51.8 Å². The molecule has 0 aromatic heterocycles. The van der Waals surface area contributed by atoms with Crippen molar-refractivity contribution in [3.05, 3.63) is 86.8 Å². The molecule has 23 heteroatoms. The molecule has 5 aliphatic heterocycles. The number of nitrogens with zero attached hydrogens (tertiary/aromatic N) is 4. The van der Waals surface area contributed by atoms with Crippen LogP contribution in [0.2, 0.25) is 5.04 Å². The minimum atomic E-state index is -2.23. The van der Waals surface area contributed by atoms with Gasteiger partial charge in [0.2, 0.25) is 19.2 Å². The molecule has 530 valence electrons. The summed E-state index contributed by atoms with van der Waals surface area (Å²) < 4.78 is 21.8. The van der Waals surface area contributed by atoms with Crippen molar-refractivity contribution in [2.75, 3.05) is 10.5 Å². The maximum absolute atomic E-state index is 12.0. The summed E-state index contributed by atoms with van der Waals surface area (Å²) in [6, 6.07) is 21.7. The molecule has 2 saturated carbocycles. The van der Waals surface area contributed by atoms with Gasteiger partial charge in [-0.25, -0.2) is 28.9 Å². The molecule has 6 fully saturated rings. The Morgan fingerprint density at radius 2 is 1.01 bits per heavy atom. The summed E-state index contributed by atoms with van der Waals surface area (Å²) in [5, 5.41) is 22.7. The van der Waals surface area contributed by atoms with Gasteiger partial charge in [0.15, 0.2) is 0 Å². The number of rotatable bonds is 7. The molecule has 0 spiro atoms. The van der Waals surface area contributed by atoms with Crippen LogP contribution in [-0.2, 0) is 52.8 Å². The number of likely N-dealkylation sites (tertiary alicyclic amines) is 3. The van der Waals surface area contributed by atoms with Crippen LogP contribution >= 0.6 is 45.3 Å². The van der Waals surface area contributed by atoms with Gasteiger partial charge in [0.05, 0.1) is 16.5 Å². The van der Waals surface area contributed by atoms with E-state index in [1.54, 1.807) is 60.3 Å². The van der Waals surface area contributed by atoms with Gasteiger partial charge in [-0.3, -0.25) is 19.4 Å². The number of amides is 6. The molecule has 2 aromatic rings. The van der Waals surface area contributed by atoms with Crippen molar-refractivity contribution in [3.63, 3.8) is 0 Å². The minimum Gasteiger partial charge on any atom is -0.480 e. The third-order valence-electron chi connectivity index (χ3n) is 15.5. The van der Waals surface area contributed by atoms with Gasteiger partial charge >= 0.3 is 49.8 Å². The SMILES string of the molecule is CC(C)(C)OC(=O)N1[C@@H]2C[C@@H]2C[C@H]1C(=O)O.CC(C)(C)[Si](Cl)(c1ccccc1)c1ccccc1.CC[C@@H]1CC=CN1C(=O)OC(C)(C)C.CC[C@@H]1CCC(=O)N1C(=O)OC(C)(C)C.CC[C@@H]1C[C@H]2C[C@H]2N1C(=O)OC(C)(C)C.ClCI.O=C1CC[C@@H](CO)N1.[CH2-]C.[CH2-]C.[Zn+2]. The monoisotopic (exact) mass is 1540 g/mol. The number of aliphatic hydroxyl groups excluding tert-OH is 1. The van der Waals surface area contributed by atoms with Crippen molar-refractivity contribution in [1.29, 1.82) is 0 Å². The molecular weight excluding hydrogens is 1420 g/mol. The van der Waals surface area contributed by atoms with Gasteiger partial charge in [0.1, 0.15) is 28.4 Å². The van der Waals surface area contributed by atoms with Crippen molar-refractivity contribution in [2.24, 2.45) is 11.8 Å². The predicted molar refractivity (Wildman–Crippen MR) is 386 cm³/mol. The molecule has 5 heterocycles. The Kier molecular flexibility index (Phi) is 39.6. The molecule has 0 radical (unpaired) electrons. The molecule has 9 atom stereocenters. The van der Waals surface area contributed by atoms with Crippen LogP contribution in [0.4, 0.5) is 19.2 Å². The van der Waals surface area contributed by atoms with Crippen molar-refractivity contribution in [1.82, 2.24) is 24.9 Å². The molecule has 18 nitrogen and oxygen atoms in total. The molecule has 2 aromatic carbocycles. The quantitative estimate of drug-likeness (QED) is 0.0587. The van der Waals surface area contributed by atoms with Gasteiger partial charge in [-0.1, -0.05) is 131 Å². The molecule has 6 amide bonds. The Bertz CT molecular complexity index is 2610. The van der Waals surface area contributed by atoms with Crippen molar-refractivity contribution in [3.8, 4) is 0 Å². The summed E-state index contributed by atoms with van der Waals surface area (Å²) in [4.78, 5) is 86.5. The van der Waals surface area contributed by atoms with Crippen LogP contribution in [0.1, 0.15) is 216 Å². The van der Waals surface area contributed by atoms with Crippen LogP contribution in [0, 0.1) is 25.7 Å². The number of nitrogens with one attached hydrogen (secondary N) is 1. The van der Waals surface area contributed by atoms with Gasteiger partial charge in [-0.2, -0.15) is 24.9 Å². The zero-order chi connectivity index (χ0) is 71.6. The fourth-order valence-corrected chi connectivity index (χ4v) is 15.2. The largest absolute Gasteiger partial charge is 2.00 e. The van der Waals surface area contributed by atoms with Gasteiger partial charge in [0, 0.05) is 49.3 Å². The molecule has 2 aliphatic carbocycles. The Balaban J connectivity index is 0.00000109. The van der Waals surface area contributed by atoms with E-state index in [0.29, 0.717) is 41.2 Å². The molecular formula is C71H116Cl2IN5O13SiZn. The number of carbonyl (C=O) groups is 7. The van der Waals surface area contributed by atoms with Gasteiger partial charge in [-0.15, -0.1) is 11.6 Å². The second-order valence-electron chi connectivity index (χ2n) is 28.4. The molecule has 3 N–H and O–H groups in total. The summed E-state index contributed by atoms with van der Waals surface area (Å²) in [7, 11) is -2.23. The number of carbonyl (C=O) groups excluding carboxylic acids is 6. The first-order valence-corrected chi connectivity index (χ1v) is 38.0. The molecule has 0 unspecified atom stereocenters. The Morgan fingerprint density at radius 1 is 0.606 bits per heavy atom. The van der Waals surface area contributed by atoms with Crippen molar-refractivity contribution in [2.45, 2.75) is 285 Å². The van der Waals surface area contributed by atoms with E-state index >= 15 is 0 Å². The smallest absolute Gasteiger partial charge is 0.480 e. The van der Waals surface area contributed by atoms with Gasteiger partial charge < -0.3 is 53.2 Å². The average Bonchev–Trinajstić information content (AvgIpc) is 1.47. The first-order valence-electron chi connectivity index (χ1n) is 32.9. The summed E-state index contributed by atoms with van der Waals surface area (Å²) in [6.07, 6.45) is 12.7. The van der Waals surface area contributed by atoms with Crippen LogP contribution in [0.3, 0.4) is 0 Å². The predicted octanol–water partition coefficient (Wildman–Crippen LogP) is 15.8. The number of halogens is 3. The third-order valence-corrected chi connectivity index (χ3v) is 22.8. The van der Waals surface area contributed by atoms with Gasteiger partial charge in [0.25, 0.3) is 0 Å². The van der Waals surface area contributed by atoms with Crippen LogP contribution in [0.15, 0.2) is 72.9 Å². The average molecular weight is 1540 g/mol. The second kappa shape index (κ2) is 41.4. The topological polar surface area (TPSA) is 222 Å². The number of alkyl halides is 2. The molecule has 0 bridgehead atoms. The number of aliphatic carboxylic acids is 1. The molecule has 94 heavy (non-hydrogen) atoms. The van der Waals surface area contributed by atoms with E-state index in [-0.39, 0.29) is 84.9 Å². The number of aliphatic hydroxyl groups is 1. The van der Waals surface area contributed by atoms with E-state index in [9.17, 15) is 33.6 Å². The number of ether oxygens (including phenoxy) is 4. The van der Waals surface area contributed by atoms with Crippen LogP contribution in [0.5, 0.6) is 0 Å². The van der Waals surface area contributed by atoms with E-state index in [2.05, 4.69) is 125 Å². The van der Waals surface area contributed by atoms with E-state index in [1.807, 2.05) is 77.8 Å².